The van der Waals surface area contributed by atoms with Gasteiger partial charge in [0, 0.05) is 12.1 Å². The second kappa shape index (κ2) is 5.07. The van der Waals surface area contributed by atoms with E-state index in [1.54, 1.807) is 12.1 Å². The lowest BCUT2D eigenvalue weighted by Crippen LogP contribution is -2.45. The minimum Gasteiger partial charge on any atom is -0.354 e. The van der Waals surface area contributed by atoms with Crippen molar-refractivity contribution in [1.29, 1.82) is 0 Å². The quantitative estimate of drug-likeness (QED) is 0.808. The summed E-state index contributed by atoms with van der Waals surface area (Å²) in [5.74, 6) is -0.478. The highest BCUT2D eigenvalue weighted by molar-refractivity contribution is 5.78. The third kappa shape index (κ3) is 4.89. The molecule has 0 aliphatic heterocycles. The average Bonchev–Trinajstić information content (AvgIpc) is 2.14. The van der Waals surface area contributed by atoms with Crippen LogP contribution in [-0.4, -0.2) is 18.0 Å². The van der Waals surface area contributed by atoms with Crippen LogP contribution in [0, 0.1) is 5.82 Å². The number of nitrogens with two attached hydrogens (primary N) is 1. The van der Waals surface area contributed by atoms with Crippen LogP contribution < -0.4 is 11.1 Å². The molecule has 88 valence electrons. The van der Waals surface area contributed by atoms with Gasteiger partial charge in [-0.25, -0.2) is 4.39 Å². The zero-order valence-electron chi connectivity index (χ0n) is 9.59. The average molecular weight is 224 g/mol. The van der Waals surface area contributed by atoms with Crippen LogP contribution in [0.1, 0.15) is 19.4 Å². The van der Waals surface area contributed by atoms with Crippen LogP contribution in [0.2, 0.25) is 0 Å². The fourth-order valence-electron chi connectivity index (χ4n) is 1.22. The first-order valence-corrected chi connectivity index (χ1v) is 5.17. The Morgan fingerprint density at radius 2 is 2.19 bits per heavy atom. The molecule has 0 fully saturated rings. The summed E-state index contributed by atoms with van der Waals surface area (Å²) < 4.78 is 12.8. The van der Waals surface area contributed by atoms with Crippen molar-refractivity contribution in [2.75, 3.05) is 6.54 Å². The van der Waals surface area contributed by atoms with Gasteiger partial charge < -0.3 is 11.1 Å². The molecule has 1 rings (SSSR count). The van der Waals surface area contributed by atoms with Gasteiger partial charge >= 0.3 is 0 Å². The summed E-state index contributed by atoms with van der Waals surface area (Å²) in [6, 6.07) is 6.01. The number of benzene rings is 1. The first-order chi connectivity index (χ1) is 7.37. The third-order valence-electron chi connectivity index (χ3n) is 1.99. The normalized spacial score (nSPS) is 11.2. The van der Waals surface area contributed by atoms with E-state index in [0.29, 0.717) is 12.1 Å². The number of carbonyl (C=O) groups excluding carboxylic acids is 1. The number of hydrogen-bond acceptors (Lipinski definition) is 2. The van der Waals surface area contributed by atoms with Gasteiger partial charge in [-0.1, -0.05) is 12.1 Å². The van der Waals surface area contributed by atoms with Crippen LogP contribution in [0.25, 0.3) is 0 Å². The topological polar surface area (TPSA) is 55.1 Å². The number of rotatable bonds is 4. The molecule has 4 heteroatoms. The van der Waals surface area contributed by atoms with Crippen molar-refractivity contribution in [3.63, 3.8) is 0 Å². The van der Waals surface area contributed by atoms with Crippen LogP contribution in [0.5, 0.6) is 0 Å². The Bertz CT molecular complexity index is 372. The van der Waals surface area contributed by atoms with Crippen molar-refractivity contribution >= 4 is 5.91 Å². The number of hydrogen-bond donors (Lipinski definition) is 2. The summed E-state index contributed by atoms with van der Waals surface area (Å²) in [6.07, 6.45) is 0.174. The van der Waals surface area contributed by atoms with Gasteiger partial charge in [0.15, 0.2) is 0 Å². The lowest BCUT2D eigenvalue weighted by molar-refractivity contribution is -0.120. The molecule has 0 heterocycles. The number of nitrogens with one attached hydrogen (secondary N) is 1. The minimum atomic E-state index is -0.433. The molecule has 0 unspecified atom stereocenters. The third-order valence-corrected chi connectivity index (χ3v) is 1.99. The molecule has 3 nitrogen and oxygen atoms in total. The monoisotopic (exact) mass is 224 g/mol. The van der Waals surface area contributed by atoms with E-state index in [9.17, 15) is 9.18 Å². The zero-order chi connectivity index (χ0) is 12.2. The van der Waals surface area contributed by atoms with E-state index in [2.05, 4.69) is 5.32 Å². The summed E-state index contributed by atoms with van der Waals surface area (Å²) >= 11 is 0. The Labute approximate surface area is 94.8 Å². The summed E-state index contributed by atoms with van der Waals surface area (Å²) in [6.45, 7) is 4.06. The predicted octanol–water partition coefficient (Wildman–Crippen LogP) is 1.22. The van der Waals surface area contributed by atoms with Crippen LogP contribution in [0.3, 0.4) is 0 Å². The van der Waals surface area contributed by atoms with E-state index in [-0.39, 0.29) is 18.1 Å². The van der Waals surface area contributed by atoms with Gasteiger partial charge in [0.1, 0.15) is 5.82 Å². The second-order valence-electron chi connectivity index (χ2n) is 4.57. The van der Waals surface area contributed by atoms with Crippen LogP contribution >= 0.6 is 0 Å². The van der Waals surface area contributed by atoms with Crippen molar-refractivity contribution in [1.82, 2.24) is 5.32 Å². The van der Waals surface area contributed by atoms with E-state index in [1.807, 2.05) is 13.8 Å². The summed E-state index contributed by atoms with van der Waals surface area (Å²) in [7, 11) is 0. The number of halogens is 1. The van der Waals surface area contributed by atoms with Crippen molar-refractivity contribution in [3.05, 3.63) is 35.6 Å². The lowest BCUT2D eigenvalue weighted by Gasteiger charge is -2.18. The minimum absolute atomic E-state index is 0.149. The number of amides is 1. The Balaban J connectivity index is 2.46. The molecule has 0 atom stereocenters. The summed E-state index contributed by atoms with van der Waals surface area (Å²) in [4.78, 5) is 11.5. The number of carbonyl (C=O) groups is 1. The Hall–Kier alpha value is -1.42. The van der Waals surface area contributed by atoms with Crippen LogP contribution in [0.15, 0.2) is 24.3 Å². The van der Waals surface area contributed by atoms with Crippen molar-refractivity contribution in [2.24, 2.45) is 5.73 Å². The molecule has 0 bridgehead atoms. The fraction of sp³-hybridized carbons (Fsp3) is 0.417. The maximum absolute atomic E-state index is 12.8. The summed E-state index contributed by atoms with van der Waals surface area (Å²) in [5, 5.41) is 2.70. The van der Waals surface area contributed by atoms with E-state index >= 15 is 0 Å². The lowest BCUT2D eigenvalue weighted by atomic mass is 10.1. The van der Waals surface area contributed by atoms with Gasteiger partial charge in [0.05, 0.1) is 6.42 Å². The summed E-state index contributed by atoms with van der Waals surface area (Å²) in [5.41, 5.74) is 5.95. The van der Waals surface area contributed by atoms with Crippen molar-refractivity contribution in [2.45, 2.75) is 25.8 Å². The molecule has 0 spiro atoms. The first kappa shape index (κ1) is 12.6. The standard InChI is InChI=1S/C12H17FN2O/c1-12(2,14)8-15-11(16)7-9-4-3-5-10(13)6-9/h3-6H,7-8,14H2,1-2H3,(H,15,16). The molecule has 0 aromatic heterocycles. The highest BCUT2D eigenvalue weighted by atomic mass is 19.1. The SMILES string of the molecule is CC(C)(N)CNC(=O)Cc1cccc(F)c1. The van der Waals surface area contributed by atoms with Gasteiger partial charge in [0.25, 0.3) is 0 Å². The largest absolute Gasteiger partial charge is 0.354 e. The Morgan fingerprint density at radius 3 is 2.75 bits per heavy atom. The predicted molar refractivity (Wildman–Crippen MR) is 61.4 cm³/mol. The van der Waals surface area contributed by atoms with Crippen molar-refractivity contribution < 1.29 is 9.18 Å². The fourth-order valence-corrected chi connectivity index (χ4v) is 1.22. The zero-order valence-corrected chi connectivity index (χ0v) is 9.59. The maximum atomic E-state index is 12.8. The van der Waals surface area contributed by atoms with Crippen molar-refractivity contribution in [3.8, 4) is 0 Å². The highest BCUT2D eigenvalue weighted by Crippen LogP contribution is 2.04. The van der Waals surface area contributed by atoms with E-state index in [1.165, 1.54) is 12.1 Å². The maximum Gasteiger partial charge on any atom is 0.224 e. The molecule has 0 saturated heterocycles. The molecule has 1 amide bonds. The second-order valence-corrected chi connectivity index (χ2v) is 4.57. The Kier molecular flexibility index (Phi) is 4.01. The first-order valence-electron chi connectivity index (χ1n) is 5.17. The molecule has 0 radical (unpaired) electrons. The molecule has 1 aromatic rings. The molecule has 0 saturated carbocycles. The molecule has 3 N–H and O–H groups in total. The van der Waals surface area contributed by atoms with Crippen LogP contribution in [-0.2, 0) is 11.2 Å². The molecule has 1 aromatic carbocycles. The van der Waals surface area contributed by atoms with E-state index in [0.717, 1.165) is 0 Å². The van der Waals surface area contributed by atoms with Crippen LogP contribution in [0.4, 0.5) is 4.39 Å². The molecule has 16 heavy (non-hydrogen) atoms. The molecular weight excluding hydrogens is 207 g/mol. The van der Waals surface area contributed by atoms with Gasteiger partial charge in [-0.2, -0.15) is 0 Å². The Morgan fingerprint density at radius 1 is 1.50 bits per heavy atom. The highest BCUT2D eigenvalue weighted by Gasteiger charge is 2.12. The molecular formula is C12H17FN2O. The van der Waals surface area contributed by atoms with Gasteiger partial charge in [-0.3, -0.25) is 4.79 Å². The van der Waals surface area contributed by atoms with Gasteiger partial charge in [-0.15, -0.1) is 0 Å². The van der Waals surface area contributed by atoms with Gasteiger partial charge in [0.2, 0.25) is 5.91 Å². The van der Waals surface area contributed by atoms with Gasteiger partial charge in [-0.05, 0) is 31.5 Å². The smallest absolute Gasteiger partial charge is 0.224 e. The molecule has 0 aliphatic rings. The van der Waals surface area contributed by atoms with E-state index < -0.39 is 5.54 Å². The molecule has 0 aliphatic carbocycles. The van der Waals surface area contributed by atoms with E-state index in [4.69, 9.17) is 5.73 Å².